The van der Waals surface area contributed by atoms with E-state index in [2.05, 4.69) is 17.4 Å². The lowest BCUT2D eigenvalue weighted by molar-refractivity contribution is 0.0505. The maximum Gasteiger partial charge on any atom is 0.408 e. The van der Waals surface area contributed by atoms with Crippen molar-refractivity contribution in [3.63, 3.8) is 0 Å². The summed E-state index contributed by atoms with van der Waals surface area (Å²) in [6, 6.07) is 13.8. The van der Waals surface area contributed by atoms with E-state index in [9.17, 15) is 4.79 Å². The number of carbonyl (C=O) groups excluding carboxylic acids is 1. The Labute approximate surface area is 170 Å². The largest absolute Gasteiger partial charge is 0.495 e. The van der Waals surface area contributed by atoms with E-state index in [0.29, 0.717) is 0 Å². The van der Waals surface area contributed by atoms with Crippen molar-refractivity contribution in [1.82, 2.24) is 5.32 Å². The van der Waals surface area contributed by atoms with Crippen molar-refractivity contribution in [3.05, 3.63) is 53.6 Å². The van der Waals surface area contributed by atoms with Crippen LogP contribution in [-0.4, -0.2) is 31.2 Å². The van der Waals surface area contributed by atoms with Gasteiger partial charge in [0.25, 0.3) is 0 Å². The van der Waals surface area contributed by atoms with Gasteiger partial charge in [-0.3, -0.25) is 0 Å². The summed E-state index contributed by atoms with van der Waals surface area (Å²) in [5.41, 5.74) is 1.81. The summed E-state index contributed by atoms with van der Waals surface area (Å²) in [6.45, 7) is 5.59. The van der Waals surface area contributed by atoms with Crippen LogP contribution < -0.4 is 14.8 Å². The predicted octanol–water partition coefficient (Wildman–Crippen LogP) is 4.99. The van der Waals surface area contributed by atoms with E-state index >= 15 is 0 Å². The molecule has 0 saturated heterocycles. The van der Waals surface area contributed by atoms with E-state index in [-0.39, 0.29) is 11.3 Å². The van der Waals surface area contributed by atoms with Crippen LogP contribution in [-0.2, 0) is 11.2 Å². The molecule has 0 fully saturated rings. The first kappa shape index (κ1) is 20.4. The lowest BCUT2D eigenvalue weighted by Gasteiger charge is -2.26. The van der Waals surface area contributed by atoms with Gasteiger partial charge in [-0.25, -0.2) is 4.79 Å². The number of benzene rings is 2. The number of carbonyl (C=O) groups is 1. The molecule has 5 nitrogen and oxygen atoms in total. The summed E-state index contributed by atoms with van der Waals surface area (Å²) in [5, 5.41) is 3.17. The molecule has 3 rings (SSSR count). The first-order chi connectivity index (χ1) is 13.3. The molecule has 1 amide bonds. The van der Waals surface area contributed by atoms with Crippen LogP contribution in [0, 0.1) is 0 Å². The minimum Gasteiger partial charge on any atom is -0.495 e. The Hall–Kier alpha value is -2.34. The molecule has 0 saturated carbocycles. The molecule has 0 bridgehead atoms. The maximum atomic E-state index is 12.5. The highest BCUT2D eigenvalue weighted by molar-refractivity contribution is 8.00. The standard InChI is InChI=1S/C22H27NO4S/c1-22(2,3)27-21(24)23-19-15-10-7-6-9-14(15)13-18(19)28-20-16(25-4)11-8-12-17(20)26-5/h6-12,18-19H,13H2,1-5H3,(H,23,24). The fourth-order valence-corrected chi connectivity index (χ4v) is 4.81. The zero-order valence-corrected chi connectivity index (χ0v) is 17.8. The maximum absolute atomic E-state index is 12.5. The fraction of sp³-hybridized carbons (Fsp3) is 0.409. The van der Waals surface area contributed by atoms with Gasteiger partial charge in [0.15, 0.2) is 0 Å². The van der Waals surface area contributed by atoms with E-state index in [0.717, 1.165) is 28.4 Å². The summed E-state index contributed by atoms with van der Waals surface area (Å²) in [6.07, 6.45) is 0.425. The minimum atomic E-state index is -0.545. The molecule has 6 heteroatoms. The van der Waals surface area contributed by atoms with Crippen molar-refractivity contribution in [2.75, 3.05) is 14.2 Å². The summed E-state index contributed by atoms with van der Waals surface area (Å²) in [5.74, 6) is 1.52. The second-order valence-electron chi connectivity index (χ2n) is 7.67. The van der Waals surface area contributed by atoms with Crippen molar-refractivity contribution in [3.8, 4) is 11.5 Å². The van der Waals surface area contributed by atoms with E-state index in [1.807, 2.05) is 51.1 Å². The number of ether oxygens (including phenoxy) is 3. The van der Waals surface area contributed by atoms with Crippen LogP contribution in [0.4, 0.5) is 4.79 Å². The quantitative estimate of drug-likeness (QED) is 0.765. The topological polar surface area (TPSA) is 56.8 Å². The number of hydrogen-bond donors (Lipinski definition) is 1. The Kier molecular flexibility index (Phi) is 6.08. The highest BCUT2D eigenvalue weighted by Gasteiger charge is 2.36. The van der Waals surface area contributed by atoms with E-state index in [4.69, 9.17) is 14.2 Å². The number of fused-ring (bicyclic) bond motifs is 1. The van der Waals surface area contributed by atoms with Gasteiger partial charge in [-0.2, -0.15) is 0 Å². The molecule has 2 unspecified atom stereocenters. The first-order valence-corrected chi connectivity index (χ1v) is 10.2. The molecule has 0 aliphatic heterocycles. The van der Waals surface area contributed by atoms with Gasteiger partial charge in [-0.15, -0.1) is 11.8 Å². The zero-order chi connectivity index (χ0) is 20.3. The molecule has 1 N–H and O–H groups in total. The highest BCUT2D eigenvalue weighted by Crippen LogP contribution is 2.47. The van der Waals surface area contributed by atoms with Gasteiger partial charge >= 0.3 is 6.09 Å². The average Bonchev–Trinajstić information content (AvgIpc) is 2.97. The van der Waals surface area contributed by atoms with Crippen molar-refractivity contribution in [2.45, 2.75) is 49.0 Å². The smallest absolute Gasteiger partial charge is 0.408 e. The van der Waals surface area contributed by atoms with Crippen LogP contribution >= 0.6 is 11.8 Å². The molecule has 0 aromatic heterocycles. The third kappa shape index (κ3) is 4.55. The molecular weight excluding hydrogens is 374 g/mol. The van der Waals surface area contributed by atoms with Crippen LogP contribution in [0.1, 0.15) is 37.9 Å². The molecule has 0 radical (unpaired) electrons. The molecule has 150 valence electrons. The second-order valence-corrected chi connectivity index (χ2v) is 8.92. The molecular formula is C22H27NO4S. The average molecular weight is 402 g/mol. The zero-order valence-electron chi connectivity index (χ0n) is 16.9. The Morgan fingerprint density at radius 1 is 1.04 bits per heavy atom. The lowest BCUT2D eigenvalue weighted by Crippen LogP contribution is -2.37. The van der Waals surface area contributed by atoms with Crippen molar-refractivity contribution < 1.29 is 19.0 Å². The fourth-order valence-electron chi connectivity index (χ4n) is 3.36. The van der Waals surface area contributed by atoms with Gasteiger partial charge in [0.2, 0.25) is 0 Å². The van der Waals surface area contributed by atoms with E-state index in [1.54, 1.807) is 26.0 Å². The van der Waals surface area contributed by atoms with E-state index in [1.165, 1.54) is 5.56 Å². The number of rotatable bonds is 5. The highest BCUT2D eigenvalue weighted by atomic mass is 32.2. The Morgan fingerprint density at radius 3 is 2.29 bits per heavy atom. The molecule has 0 heterocycles. The summed E-state index contributed by atoms with van der Waals surface area (Å²) in [7, 11) is 3.30. The number of methoxy groups -OCH3 is 2. The van der Waals surface area contributed by atoms with Crippen LogP contribution in [0.15, 0.2) is 47.4 Å². The first-order valence-electron chi connectivity index (χ1n) is 9.27. The van der Waals surface area contributed by atoms with Crippen molar-refractivity contribution in [1.29, 1.82) is 0 Å². The molecule has 2 aromatic rings. The van der Waals surface area contributed by atoms with Gasteiger partial charge in [-0.1, -0.05) is 30.3 Å². The Morgan fingerprint density at radius 2 is 1.68 bits per heavy atom. The van der Waals surface area contributed by atoms with Crippen LogP contribution in [0.25, 0.3) is 0 Å². The predicted molar refractivity (Wildman–Crippen MR) is 111 cm³/mol. The number of hydrogen-bond acceptors (Lipinski definition) is 5. The Bertz CT molecular complexity index is 824. The van der Waals surface area contributed by atoms with Crippen LogP contribution in [0.3, 0.4) is 0 Å². The third-order valence-corrected chi connectivity index (χ3v) is 5.89. The molecule has 1 aliphatic rings. The molecule has 1 aliphatic carbocycles. The normalized spacial score (nSPS) is 18.3. The van der Waals surface area contributed by atoms with Gasteiger partial charge in [0, 0.05) is 5.25 Å². The Balaban J connectivity index is 1.89. The van der Waals surface area contributed by atoms with Crippen molar-refractivity contribution in [2.24, 2.45) is 0 Å². The van der Waals surface area contributed by atoms with E-state index < -0.39 is 11.7 Å². The summed E-state index contributed by atoms with van der Waals surface area (Å²) in [4.78, 5) is 13.4. The number of alkyl carbamates (subject to hydrolysis) is 1. The summed E-state index contributed by atoms with van der Waals surface area (Å²) < 4.78 is 16.6. The van der Waals surface area contributed by atoms with Gasteiger partial charge < -0.3 is 19.5 Å². The molecule has 2 atom stereocenters. The minimum absolute atomic E-state index is 0.0927. The second kappa shape index (κ2) is 8.35. The lowest BCUT2D eigenvalue weighted by atomic mass is 10.1. The van der Waals surface area contributed by atoms with Crippen LogP contribution in [0.2, 0.25) is 0 Å². The number of nitrogens with one attached hydrogen (secondary N) is 1. The SMILES string of the molecule is COc1cccc(OC)c1SC1Cc2ccccc2C1NC(=O)OC(C)(C)C. The number of thioether (sulfide) groups is 1. The molecule has 28 heavy (non-hydrogen) atoms. The molecule has 2 aromatic carbocycles. The van der Waals surface area contributed by atoms with Gasteiger partial charge in [0.05, 0.1) is 25.2 Å². The molecule has 0 spiro atoms. The van der Waals surface area contributed by atoms with Gasteiger partial charge in [0.1, 0.15) is 17.1 Å². The number of amides is 1. The van der Waals surface area contributed by atoms with Crippen molar-refractivity contribution >= 4 is 17.9 Å². The van der Waals surface area contributed by atoms with Crippen LogP contribution in [0.5, 0.6) is 11.5 Å². The van der Waals surface area contributed by atoms with Gasteiger partial charge in [-0.05, 0) is 50.5 Å². The summed E-state index contributed by atoms with van der Waals surface area (Å²) >= 11 is 1.66. The monoisotopic (exact) mass is 401 g/mol. The third-order valence-electron chi connectivity index (χ3n) is 4.51.